The smallest absolute Gasteiger partial charge is 0.254 e. The summed E-state index contributed by atoms with van der Waals surface area (Å²) in [6, 6.07) is 9.59. The van der Waals surface area contributed by atoms with Crippen molar-refractivity contribution in [3.63, 3.8) is 0 Å². The molecule has 7 heteroatoms. The van der Waals surface area contributed by atoms with E-state index in [0.717, 1.165) is 17.0 Å². The lowest BCUT2D eigenvalue weighted by atomic mass is 10.1. The summed E-state index contributed by atoms with van der Waals surface area (Å²) in [5, 5.41) is 7.03. The van der Waals surface area contributed by atoms with E-state index in [1.165, 1.54) is 0 Å². The molecule has 0 saturated carbocycles. The second-order valence-corrected chi connectivity index (χ2v) is 6.51. The predicted molar refractivity (Wildman–Crippen MR) is 97.0 cm³/mol. The molecule has 2 amide bonds. The van der Waals surface area contributed by atoms with Gasteiger partial charge in [0.1, 0.15) is 0 Å². The molecule has 1 N–H and O–H groups in total. The van der Waals surface area contributed by atoms with Crippen molar-refractivity contribution in [3.05, 3.63) is 52.8 Å². The Bertz CT molecular complexity index is 815. The molecule has 1 saturated heterocycles. The highest BCUT2D eigenvalue weighted by molar-refractivity contribution is 5.95. The SMILES string of the molecule is CNC(=O)C1CN(C(=O)c2cccc(Cn3nc(C)cc3C)c2)CCO1. The highest BCUT2D eigenvalue weighted by atomic mass is 16.5. The summed E-state index contributed by atoms with van der Waals surface area (Å²) in [5.74, 6) is -0.293. The lowest BCUT2D eigenvalue weighted by Crippen LogP contribution is -2.51. The van der Waals surface area contributed by atoms with Crippen LogP contribution in [-0.4, -0.2) is 59.3 Å². The molecule has 0 spiro atoms. The van der Waals surface area contributed by atoms with E-state index < -0.39 is 6.10 Å². The first-order valence-corrected chi connectivity index (χ1v) is 8.70. The van der Waals surface area contributed by atoms with Gasteiger partial charge < -0.3 is 15.0 Å². The third-order valence-corrected chi connectivity index (χ3v) is 4.50. The zero-order valence-electron chi connectivity index (χ0n) is 15.4. The van der Waals surface area contributed by atoms with E-state index in [2.05, 4.69) is 10.4 Å². The van der Waals surface area contributed by atoms with Gasteiger partial charge in [0.2, 0.25) is 0 Å². The van der Waals surface area contributed by atoms with Crippen molar-refractivity contribution in [2.45, 2.75) is 26.5 Å². The van der Waals surface area contributed by atoms with E-state index in [-0.39, 0.29) is 18.4 Å². The minimum absolute atomic E-state index is 0.0857. The van der Waals surface area contributed by atoms with E-state index in [0.29, 0.717) is 25.3 Å². The topological polar surface area (TPSA) is 76.5 Å². The van der Waals surface area contributed by atoms with Crippen LogP contribution in [0.15, 0.2) is 30.3 Å². The van der Waals surface area contributed by atoms with Gasteiger partial charge in [0, 0.05) is 24.8 Å². The number of nitrogens with one attached hydrogen (secondary N) is 1. The third-order valence-electron chi connectivity index (χ3n) is 4.50. The van der Waals surface area contributed by atoms with Gasteiger partial charge in [-0.3, -0.25) is 14.3 Å². The third kappa shape index (κ3) is 3.94. The molecule has 1 fully saturated rings. The van der Waals surface area contributed by atoms with Crippen LogP contribution in [-0.2, 0) is 16.1 Å². The summed E-state index contributed by atoms with van der Waals surface area (Å²) in [6.07, 6.45) is -0.615. The maximum absolute atomic E-state index is 12.8. The Morgan fingerprint density at radius 1 is 1.31 bits per heavy atom. The Hall–Kier alpha value is -2.67. The van der Waals surface area contributed by atoms with Crippen LogP contribution in [0.3, 0.4) is 0 Å². The number of aryl methyl sites for hydroxylation is 2. The quantitative estimate of drug-likeness (QED) is 0.891. The number of rotatable bonds is 4. The lowest BCUT2D eigenvalue weighted by molar-refractivity contribution is -0.136. The number of nitrogens with zero attached hydrogens (tertiary/aromatic N) is 3. The zero-order chi connectivity index (χ0) is 18.7. The summed E-state index contributed by atoms with van der Waals surface area (Å²) in [5.41, 5.74) is 3.68. The molecule has 2 aromatic rings. The Morgan fingerprint density at radius 2 is 2.12 bits per heavy atom. The van der Waals surface area contributed by atoms with Crippen LogP contribution < -0.4 is 5.32 Å². The summed E-state index contributed by atoms with van der Waals surface area (Å²) in [7, 11) is 1.56. The molecule has 1 aliphatic heterocycles. The van der Waals surface area contributed by atoms with Gasteiger partial charge in [-0.05, 0) is 37.6 Å². The van der Waals surface area contributed by atoms with Crippen molar-refractivity contribution in [1.29, 1.82) is 0 Å². The second-order valence-electron chi connectivity index (χ2n) is 6.51. The number of aromatic nitrogens is 2. The van der Waals surface area contributed by atoms with Crippen LogP contribution in [0.25, 0.3) is 0 Å². The van der Waals surface area contributed by atoms with Crippen LogP contribution in [0.4, 0.5) is 0 Å². The Morgan fingerprint density at radius 3 is 2.81 bits per heavy atom. The molecule has 26 heavy (non-hydrogen) atoms. The molecule has 3 rings (SSSR count). The van der Waals surface area contributed by atoms with Crippen LogP contribution in [0, 0.1) is 13.8 Å². The first-order valence-electron chi connectivity index (χ1n) is 8.70. The Kier molecular flexibility index (Phi) is 5.37. The first-order chi connectivity index (χ1) is 12.5. The fourth-order valence-electron chi connectivity index (χ4n) is 3.15. The summed E-state index contributed by atoms with van der Waals surface area (Å²) in [6.45, 7) is 5.70. The van der Waals surface area contributed by atoms with Crippen molar-refractivity contribution in [1.82, 2.24) is 20.0 Å². The summed E-state index contributed by atoms with van der Waals surface area (Å²) >= 11 is 0. The lowest BCUT2D eigenvalue weighted by Gasteiger charge is -2.32. The van der Waals surface area contributed by atoms with Crippen LogP contribution in [0.5, 0.6) is 0 Å². The minimum Gasteiger partial charge on any atom is -0.365 e. The highest BCUT2D eigenvalue weighted by Gasteiger charge is 2.29. The molecular weight excluding hydrogens is 332 g/mol. The average Bonchev–Trinajstić information content (AvgIpc) is 2.97. The molecule has 1 aromatic carbocycles. The molecule has 138 valence electrons. The number of carbonyl (C=O) groups excluding carboxylic acids is 2. The molecule has 1 atom stereocenters. The van der Waals surface area contributed by atoms with Crippen molar-refractivity contribution < 1.29 is 14.3 Å². The molecule has 0 radical (unpaired) electrons. The van der Waals surface area contributed by atoms with E-state index >= 15 is 0 Å². The second kappa shape index (κ2) is 7.70. The van der Waals surface area contributed by atoms with Crippen molar-refractivity contribution in [2.24, 2.45) is 0 Å². The van der Waals surface area contributed by atoms with Gasteiger partial charge >= 0.3 is 0 Å². The average molecular weight is 356 g/mol. The fraction of sp³-hybridized carbons (Fsp3) is 0.421. The zero-order valence-corrected chi connectivity index (χ0v) is 15.4. The largest absolute Gasteiger partial charge is 0.365 e. The molecule has 0 aliphatic carbocycles. The van der Waals surface area contributed by atoms with Crippen molar-refractivity contribution >= 4 is 11.8 Å². The van der Waals surface area contributed by atoms with Crippen LogP contribution >= 0.6 is 0 Å². The molecule has 2 heterocycles. The normalized spacial score (nSPS) is 17.2. The first kappa shape index (κ1) is 18.1. The maximum atomic E-state index is 12.8. The molecule has 7 nitrogen and oxygen atoms in total. The van der Waals surface area contributed by atoms with Gasteiger partial charge in [-0.2, -0.15) is 5.10 Å². The number of hydrogen-bond acceptors (Lipinski definition) is 4. The number of ether oxygens (including phenoxy) is 1. The number of benzene rings is 1. The Balaban J connectivity index is 1.73. The number of carbonyl (C=O) groups is 2. The van der Waals surface area contributed by atoms with Crippen LogP contribution in [0.2, 0.25) is 0 Å². The molecule has 1 aliphatic rings. The van der Waals surface area contributed by atoms with Crippen LogP contribution in [0.1, 0.15) is 27.3 Å². The molecule has 0 bridgehead atoms. The van der Waals surface area contributed by atoms with Gasteiger partial charge in [0.05, 0.1) is 25.4 Å². The fourth-order valence-corrected chi connectivity index (χ4v) is 3.15. The van der Waals surface area contributed by atoms with E-state index in [4.69, 9.17) is 4.74 Å². The monoisotopic (exact) mass is 356 g/mol. The van der Waals surface area contributed by atoms with Crippen molar-refractivity contribution in [3.8, 4) is 0 Å². The van der Waals surface area contributed by atoms with Gasteiger partial charge in [-0.15, -0.1) is 0 Å². The summed E-state index contributed by atoms with van der Waals surface area (Å²) < 4.78 is 7.37. The molecule has 1 aromatic heterocycles. The number of morpholine rings is 1. The Labute approximate surface area is 152 Å². The standard InChI is InChI=1S/C19H24N4O3/c1-13-9-14(2)23(21-13)11-15-5-4-6-16(10-15)19(25)22-7-8-26-17(12-22)18(24)20-3/h4-6,9-10,17H,7-8,11-12H2,1-3H3,(H,20,24). The maximum Gasteiger partial charge on any atom is 0.254 e. The summed E-state index contributed by atoms with van der Waals surface area (Å²) in [4.78, 5) is 26.3. The van der Waals surface area contributed by atoms with E-state index in [1.807, 2.05) is 42.8 Å². The van der Waals surface area contributed by atoms with Gasteiger partial charge in [0.15, 0.2) is 6.10 Å². The molecule has 1 unspecified atom stereocenters. The van der Waals surface area contributed by atoms with Gasteiger partial charge in [-0.1, -0.05) is 12.1 Å². The van der Waals surface area contributed by atoms with E-state index in [9.17, 15) is 9.59 Å². The number of likely N-dealkylation sites (N-methyl/N-ethyl adjacent to an activating group) is 1. The van der Waals surface area contributed by atoms with Gasteiger partial charge in [-0.25, -0.2) is 0 Å². The van der Waals surface area contributed by atoms with Gasteiger partial charge in [0.25, 0.3) is 11.8 Å². The van der Waals surface area contributed by atoms with Crippen molar-refractivity contribution in [2.75, 3.05) is 26.7 Å². The highest BCUT2D eigenvalue weighted by Crippen LogP contribution is 2.14. The minimum atomic E-state index is -0.615. The van der Waals surface area contributed by atoms with E-state index in [1.54, 1.807) is 18.0 Å². The molecular formula is C19H24N4O3. The predicted octanol–water partition coefficient (Wildman–Crippen LogP) is 1.14. The number of hydrogen-bond donors (Lipinski definition) is 1. The number of amides is 2.